The molecule has 3 aromatic rings. The molecule has 0 bridgehead atoms. The molecule has 0 saturated heterocycles. The number of carbonyl (C=O) groups is 1. The maximum atomic E-state index is 13.6. The first-order valence-electron chi connectivity index (χ1n) is 12.0. The van der Waals surface area contributed by atoms with E-state index in [0.29, 0.717) is 18.0 Å². The lowest BCUT2D eigenvalue weighted by Gasteiger charge is -2.35. The van der Waals surface area contributed by atoms with Gasteiger partial charge in [-0.15, -0.1) is 0 Å². The van der Waals surface area contributed by atoms with Crippen LogP contribution in [0.15, 0.2) is 65.6 Å². The molecule has 6 nitrogen and oxygen atoms in total. The smallest absolute Gasteiger partial charge is 0.264 e. The number of hydrogen-bond donors (Lipinski definition) is 1. The highest BCUT2D eigenvalue weighted by molar-refractivity contribution is 7.92. The van der Waals surface area contributed by atoms with Gasteiger partial charge in [-0.3, -0.25) is 9.10 Å². The molecule has 1 amide bonds. The molecule has 184 valence electrons. The van der Waals surface area contributed by atoms with Crippen LogP contribution >= 0.6 is 0 Å². The first-order valence-corrected chi connectivity index (χ1v) is 13.4. The summed E-state index contributed by atoms with van der Waals surface area (Å²) in [4.78, 5) is 13.4. The van der Waals surface area contributed by atoms with Crippen LogP contribution in [0, 0.1) is 13.8 Å². The molecule has 0 aromatic heterocycles. The van der Waals surface area contributed by atoms with Gasteiger partial charge in [-0.1, -0.05) is 55.8 Å². The van der Waals surface area contributed by atoms with Gasteiger partial charge in [0, 0.05) is 6.54 Å². The summed E-state index contributed by atoms with van der Waals surface area (Å²) in [5.74, 6) is 0.0317. The van der Waals surface area contributed by atoms with Gasteiger partial charge in [-0.25, -0.2) is 8.42 Å². The van der Waals surface area contributed by atoms with E-state index in [1.54, 1.807) is 36.4 Å². The Morgan fingerprint density at radius 1 is 0.943 bits per heavy atom. The molecule has 0 unspecified atom stereocenters. The number of amides is 1. The maximum Gasteiger partial charge on any atom is 0.264 e. The Balaban J connectivity index is 1.61. The van der Waals surface area contributed by atoms with E-state index >= 15 is 0 Å². The van der Waals surface area contributed by atoms with E-state index in [4.69, 9.17) is 4.74 Å². The quantitative estimate of drug-likeness (QED) is 0.519. The Morgan fingerprint density at radius 2 is 1.66 bits per heavy atom. The molecule has 0 spiro atoms. The standard InChI is InChI=1S/C28H32N2O4S/c1-5-21-10-11-22(6-2)23(16-21)17-29-28(31)27-18-30(25-15-20(4)9-14-26(25)34-27)35(32,33)24-12-7-19(3)8-13-24/h7-16,27H,5-6,17-18H2,1-4H3,(H,29,31)/t27-/m0/s1. The number of rotatable bonds is 7. The third kappa shape index (κ3) is 5.20. The van der Waals surface area contributed by atoms with Crippen molar-refractivity contribution in [2.45, 2.75) is 58.1 Å². The first kappa shape index (κ1) is 24.8. The van der Waals surface area contributed by atoms with Gasteiger partial charge in [0.2, 0.25) is 0 Å². The van der Waals surface area contributed by atoms with Gasteiger partial charge < -0.3 is 10.1 Å². The van der Waals surface area contributed by atoms with Gasteiger partial charge in [-0.05, 0) is 73.2 Å². The average Bonchev–Trinajstić information content (AvgIpc) is 2.86. The van der Waals surface area contributed by atoms with Crippen LogP contribution in [0.4, 0.5) is 5.69 Å². The minimum atomic E-state index is -3.89. The summed E-state index contributed by atoms with van der Waals surface area (Å²) in [6.45, 7) is 8.25. The fraction of sp³-hybridized carbons (Fsp3) is 0.321. The Morgan fingerprint density at radius 3 is 2.34 bits per heavy atom. The molecule has 1 N–H and O–H groups in total. The average molecular weight is 493 g/mol. The fourth-order valence-electron chi connectivity index (χ4n) is 4.27. The van der Waals surface area contributed by atoms with E-state index in [1.165, 1.54) is 15.4 Å². The number of ether oxygens (including phenoxy) is 1. The zero-order chi connectivity index (χ0) is 25.2. The van der Waals surface area contributed by atoms with Crippen molar-refractivity contribution >= 4 is 21.6 Å². The number of nitrogens with zero attached hydrogens (tertiary/aromatic N) is 1. The van der Waals surface area contributed by atoms with E-state index in [9.17, 15) is 13.2 Å². The number of aryl methyl sites for hydroxylation is 4. The Labute approximate surface area is 208 Å². The van der Waals surface area contributed by atoms with Crippen LogP contribution in [0.25, 0.3) is 0 Å². The second kappa shape index (κ2) is 10.1. The van der Waals surface area contributed by atoms with E-state index in [2.05, 4.69) is 37.4 Å². The molecule has 1 aliphatic heterocycles. The molecule has 0 fully saturated rings. The highest BCUT2D eigenvalue weighted by Crippen LogP contribution is 2.37. The van der Waals surface area contributed by atoms with E-state index in [1.807, 2.05) is 19.9 Å². The van der Waals surface area contributed by atoms with Crippen molar-refractivity contribution in [3.8, 4) is 5.75 Å². The Hall–Kier alpha value is -3.32. The third-order valence-corrected chi connectivity index (χ3v) is 8.19. The van der Waals surface area contributed by atoms with E-state index in [-0.39, 0.29) is 17.3 Å². The van der Waals surface area contributed by atoms with Gasteiger partial charge in [0.25, 0.3) is 15.9 Å². The lowest BCUT2D eigenvalue weighted by atomic mass is 10.0. The molecule has 0 saturated carbocycles. The monoisotopic (exact) mass is 492 g/mol. The summed E-state index contributed by atoms with van der Waals surface area (Å²) in [7, 11) is -3.89. The van der Waals surface area contributed by atoms with Crippen LogP contribution in [0.3, 0.4) is 0 Å². The Bertz CT molecular complexity index is 1330. The van der Waals surface area contributed by atoms with Crippen molar-refractivity contribution in [2.24, 2.45) is 0 Å². The molecular weight excluding hydrogens is 460 g/mol. The van der Waals surface area contributed by atoms with Gasteiger partial charge in [0.1, 0.15) is 5.75 Å². The molecule has 35 heavy (non-hydrogen) atoms. The third-order valence-electron chi connectivity index (χ3n) is 6.40. The largest absolute Gasteiger partial charge is 0.476 e. The summed E-state index contributed by atoms with van der Waals surface area (Å²) < 4.78 is 34.5. The molecule has 7 heteroatoms. The lowest BCUT2D eigenvalue weighted by Crippen LogP contribution is -2.50. The molecular formula is C28H32N2O4S. The fourth-order valence-corrected chi connectivity index (χ4v) is 5.74. The van der Waals surface area contributed by atoms with Crippen LogP contribution in [-0.4, -0.2) is 27.0 Å². The van der Waals surface area contributed by atoms with Gasteiger partial charge in [-0.2, -0.15) is 0 Å². The number of carbonyl (C=O) groups excluding carboxylic acids is 1. The van der Waals surface area contributed by atoms with Crippen LogP contribution in [0.2, 0.25) is 0 Å². The highest BCUT2D eigenvalue weighted by atomic mass is 32.2. The lowest BCUT2D eigenvalue weighted by molar-refractivity contribution is -0.127. The zero-order valence-corrected chi connectivity index (χ0v) is 21.5. The van der Waals surface area contributed by atoms with Gasteiger partial charge >= 0.3 is 0 Å². The highest BCUT2D eigenvalue weighted by Gasteiger charge is 2.37. The second-order valence-corrected chi connectivity index (χ2v) is 10.8. The topological polar surface area (TPSA) is 75.7 Å². The van der Waals surface area contributed by atoms with Crippen molar-refractivity contribution in [3.05, 3.63) is 88.5 Å². The SMILES string of the molecule is CCc1ccc(CC)c(CNC(=O)[C@@H]2CN(S(=O)(=O)c3ccc(C)cc3)c3cc(C)ccc3O2)c1. The normalized spacial score (nSPS) is 15.3. The van der Waals surface area contributed by atoms with Crippen molar-refractivity contribution in [1.29, 1.82) is 0 Å². The molecule has 0 aliphatic carbocycles. The van der Waals surface area contributed by atoms with Crippen molar-refractivity contribution < 1.29 is 17.9 Å². The van der Waals surface area contributed by atoms with Gasteiger partial charge in [0.05, 0.1) is 17.1 Å². The molecule has 4 rings (SSSR count). The number of anilines is 1. The van der Waals surface area contributed by atoms with Crippen LogP contribution in [-0.2, 0) is 34.2 Å². The van der Waals surface area contributed by atoms with Gasteiger partial charge in [0.15, 0.2) is 6.10 Å². The van der Waals surface area contributed by atoms with Crippen molar-refractivity contribution in [2.75, 3.05) is 10.8 Å². The second-order valence-electron chi connectivity index (χ2n) is 8.95. The Kier molecular flexibility index (Phi) is 7.17. The summed E-state index contributed by atoms with van der Waals surface area (Å²) in [6, 6.07) is 18.4. The first-order chi connectivity index (χ1) is 16.7. The number of benzene rings is 3. The zero-order valence-electron chi connectivity index (χ0n) is 20.7. The van der Waals surface area contributed by atoms with E-state index < -0.39 is 16.1 Å². The summed E-state index contributed by atoms with van der Waals surface area (Å²) >= 11 is 0. The molecule has 1 aliphatic rings. The van der Waals surface area contributed by atoms with E-state index in [0.717, 1.165) is 29.5 Å². The number of sulfonamides is 1. The number of fused-ring (bicyclic) bond motifs is 1. The minimum Gasteiger partial charge on any atom is -0.476 e. The van der Waals surface area contributed by atoms with Crippen LogP contribution < -0.4 is 14.4 Å². The molecule has 0 radical (unpaired) electrons. The minimum absolute atomic E-state index is 0.103. The predicted molar refractivity (Wildman–Crippen MR) is 138 cm³/mol. The predicted octanol–water partition coefficient (Wildman–Crippen LogP) is 4.70. The number of hydrogen-bond acceptors (Lipinski definition) is 4. The molecule has 1 heterocycles. The number of nitrogens with one attached hydrogen (secondary N) is 1. The van der Waals surface area contributed by atoms with Crippen LogP contribution in [0.1, 0.15) is 41.7 Å². The van der Waals surface area contributed by atoms with Crippen molar-refractivity contribution in [1.82, 2.24) is 5.32 Å². The van der Waals surface area contributed by atoms with Crippen molar-refractivity contribution in [3.63, 3.8) is 0 Å². The summed E-state index contributed by atoms with van der Waals surface area (Å²) in [5.41, 5.74) is 5.77. The molecule has 3 aromatic carbocycles. The maximum absolute atomic E-state index is 13.6. The summed E-state index contributed by atoms with van der Waals surface area (Å²) in [6.07, 6.45) is 0.813. The summed E-state index contributed by atoms with van der Waals surface area (Å²) in [5, 5.41) is 2.97. The van der Waals surface area contributed by atoms with Crippen LogP contribution in [0.5, 0.6) is 5.75 Å². The molecule has 1 atom stereocenters.